The van der Waals surface area contributed by atoms with Crippen molar-refractivity contribution in [3.05, 3.63) is 59.1 Å². The summed E-state index contributed by atoms with van der Waals surface area (Å²) in [5.41, 5.74) is 0.442. The maximum atomic E-state index is 11.6. The van der Waals surface area contributed by atoms with Crippen LogP contribution in [0.5, 0.6) is 11.5 Å². The average Bonchev–Trinajstić information content (AvgIpc) is 2.48. The molecule has 0 spiro atoms. The minimum Gasteiger partial charge on any atom is -0.479 e. The summed E-state index contributed by atoms with van der Waals surface area (Å²) in [5.74, 6) is -0.0778. The zero-order valence-electron chi connectivity index (χ0n) is 12.2. The molecule has 1 fully saturated rings. The van der Waals surface area contributed by atoms with Crippen molar-refractivity contribution in [3.8, 4) is 11.5 Å². The second kappa shape index (κ2) is 7.00. The molecule has 0 radical (unpaired) electrons. The summed E-state index contributed by atoms with van der Waals surface area (Å²) in [6.45, 7) is 1.29. The number of hydrogen-bond donors (Lipinski definition) is 2. The zero-order chi connectivity index (χ0) is 16.2. The molecule has 1 aliphatic heterocycles. The van der Waals surface area contributed by atoms with Crippen molar-refractivity contribution in [2.45, 2.75) is 12.2 Å². The highest BCUT2D eigenvalue weighted by molar-refractivity contribution is 6.30. The normalized spacial score (nSPS) is 15.7. The maximum Gasteiger partial charge on any atom is 0.337 e. The van der Waals surface area contributed by atoms with Crippen LogP contribution < -0.4 is 10.1 Å². The standard InChI is InChI=1S/C17H16ClNO4/c18-11-6-7-14(16(17(20)21)23-13-9-19-10-13)15(8-11)22-12-4-2-1-3-5-12/h1-8,13,16,19H,9-10H2,(H,20,21). The number of aliphatic carboxylic acids is 1. The number of carboxylic acid groups (broad SMARTS) is 1. The lowest BCUT2D eigenvalue weighted by atomic mass is 10.1. The van der Waals surface area contributed by atoms with E-state index in [1.807, 2.05) is 18.2 Å². The van der Waals surface area contributed by atoms with Gasteiger partial charge in [0.05, 0.1) is 6.10 Å². The van der Waals surface area contributed by atoms with E-state index in [1.165, 1.54) is 0 Å². The number of hydrogen-bond acceptors (Lipinski definition) is 4. The number of nitrogens with one attached hydrogen (secondary N) is 1. The Balaban J connectivity index is 1.91. The average molecular weight is 334 g/mol. The summed E-state index contributed by atoms with van der Waals surface area (Å²) in [5, 5.41) is 13.0. The lowest BCUT2D eigenvalue weighted by Gasteiger charge is -2.30. The number of ether oxygens (including phenoxy) is 2. The van der Waals surface area contributed by atoms with Crippen LogP contribution >= 0.6 is 11.6 Å². The molecule has 1 aliphatic rings. The summed E-state index contributed by atoms with van der Waals surface area (Å²) in [6.07, 6.45) is -1.21. The Bertz CT molecular complexity index is 688. The minimum atomic E-state index is -1.10. The molecule has 23 heavy (non-hydrogen) atoms. The molecule has 0 aromatic heterocycles. The van der Waals surface area contributed by atoms with E-state index in [1.54, 1.807) is 30.3 Å². The molecule has 1 saturated heterocycles. The molecular weight excluding hydrogens is 318 g/mol. The number of carbonyl (C=O) groups is 1. The molecule has 2 N–H and O–H groups in total. The van der Waals surface area contributed by atoms with E-state index in [4.69, 9.17) is 21.1 Å². The van der Waals surface area contributed by atoms with Gasteiger partial charge in [-0.05, 0) is 24.3 Å². The fourth-order valence-electron chi connectivity index (χ4n) is 2.24. The fourth-order valence-corrected chi connectivity index (χ4v) is 2.41. The first-order valence-corrected chi connectivity index (χ1v) is 7.62. The molecule has 120 valence electrons. The number of rotatable bonds is 6. The van der Waals surface area contributed by atoms with Crippen LogP contribution in [0.4, 0.5) is 0 Å². The van der Waals surface area contributed by atoms with Gasteiger partial charge in [0.15, 0.2) is 6.10 Å². The van der Waals surface area contributed by atoms with Crippen molar-refractivity contribution in [1.82, 2.24) is 5.32 Å². The van der Waals surface area contributed by atoms with Crippen LogP contribution in [-0.2, 0) is 9.53 Å². The lowest BCUT2D eigenvalue weighted by Crippen LogP contribution is -2.49. The van der Waals surface area contributed by atoms with Gasteiger partial charge in [0.25, 0.3) is 0 Å². The Morgan fingerprint density at radius 1 is 1.22 bits per heavy atom. The van der Waals surface area contributed by atoms with Gasteiger partial charge in [0.1, 0.15) is 11.5 Å². The monoisotopic (exact) mass is 333 g/mol. The first-order valence-electron chi connectivity index (χ1n) is 7.25. The molecule has 2 aromatic rings. The maximum absolute atomic E-state index is 11.6. The van der Waals surface area contributed by atoms with Crippen molar-refractivity contribution < 1.29 is 19.4 Å². The summed E-state index contributed by atoms with van der Waals surface area (Å²) >= 11 is 6.03. The minimum absolute atomic E-state index is 0.114. The largest absolute Gasteiger partial charge is 0.479 e. The van der Waals surface area contributed by atoms with E-state index in [2.05, 4.69) is 5.32 Å². The summed E-state index contributed by atoms with van der Waals surface area (Å²) in [7, 11) is 0. The summed E-state index contributed by atoms with van der Waals surface area (Å²) < 4.78 is 11.5. The Labute approximate surface area is 138 Å². The summed E-state index contributed by atoms with van der Waals surface area (Å²) in [4.78, 5) is 11.6. The zero-order valence-corrected chi connectivity index (χ0v) is 13.0. The number of halogens is 1. The predicted octanol–water partition coefficient (Wildman–Crippen LogP) is 3.25. The smallest absolute Gasteiger partial charge is 0.337 e. The van der Waals surface area contributed by atoms with Gasteiger partial charge in [-0.3, -0.25) is 0 Å². The van der Waals surface area contributed by atoms with Crippen LogP contribution in [0.1, 0.15) is 11.7 Å². The number of benzene rings is 2. The van der Waals surface area contributed by atoms with Crippen LogP contribution in [0.3, 0.4) is 0 Å². The molecule has 6 heteroatoms. The molecule has 5 nitrogen and oxygen atoms in total. The SMILES string of the molecule is O=C(O)C(OC1CNC1)c1ccc(Cl)cc1Oc1ccccc1. The molecule has 0 saturated carbocycles. The van der Waals surface area contributed by atoms with Gasteiger partial charge in [0, 0.05) is 23.7 Å². The first-order chi connectivity index (χ1) is 11.1. The molecule has 1 unspecified atom stereocenters. The van der Waals surface area contributed by atoms with Gasteiger partial charge in [0.2, 0.25) is 0 Å². The third kappa shape index (κ3) is 3.82. The van der Waals surface area contributed by atoms with Crippen LogP contribution in [0.25, 0.3) is 0 Å². The number of para-hydroxylation sites is 1. The Hall–Kier alpha value is -2.08. The molecule has 2 aromatic carbocycles. The molecule has 3 rings (SSSR count). The summed E-state index contributed by atoms with van der Waals surface area (Å²) in [6, 6.07) is 14.0. The van der Waals surface area contributed by atoms with E-state index in [-0.39, 0.29) is 6.10 Å². The van der Waals surface area contributed by atoms with Gasteiger partial charge in [-0.1, -0.05) is 35.9 Å². The van der Waals surface area contributed by atoms with E-state index in [0.717, 1.165) is 0 Å². The van der Waals surface area contributed by atoms with Crippen LogP contribution in [0, 0.1) is 0 Å². The van der Waals surface area contributed by atoms with Crippen LogP contribution in [0.2, 0.25) is 5.02 Å². The van der Waals surface area contributed by atoms with Crippen molar-refractivity contribution in [2.24, 2.45) is 0 Å². The lowest BCUT2D eigenvalue weighted by molar-refractivity contribution is -0.157. The van der Waals surface area contributed by atoms with Gasteiger partial charge < -0.3 is 19.9 Å². The molecule has 1 heterocycles. The Morgan fingerprint density at radius 3 is 2.57 bits per heavy atom. The topological polar surface area (TPSA) is 67.8 Å². The molecule has 1 atom stereocenters. The van der Waals surface area contributed by atoms with Crippen molar-refractivity contribution in [2.75, 3.05) is 13.1 Å². The second-order valence-corrected chi connectivity index (χ2v) is 5.67. The molecule has 0 aliphatic carbocycles. The first kappa shape index (κ1) is 15.8. The highest BCUT2D eigenvalue weighted by Crippen LogP contribution is 2.34. The van der Waals surface area contributed by atoms with Gasteiger partial charge in [-0.15, -0.1) is 0 Å². The predicted molar refractivity (Wildman–Crippen MR) is 86.1 cm³/mol. The molecule has 0 amide bonds. The quantitative estimate of drug-likeness (QED) is 0.849. The van der Waals surface area contributed by atoms with E-state index >= 15 is 0 Å². The van der Waals surface area contributed by atoms with E-state index < -0.39 is 12.1 Å². The van der Waals surface area contributed by atoms with Gasteiger partial charge >= 0.3 is 5.97 Å². The fraction of sp³-hybridized carbons (Fsp3) is 0.235. The van der Waals surface area contributed by atoms with Crippen molar-refractivity contribution in [3.63, 3.8) is 0 Å². The molecular formula is C17H16ClNO4. The molecule has 0 bridgehead atoms. The van der Waals surface area contributed by atoms with E-state index in [0.29, 0.717) is 35.2 Å². The Morgan fingerprint density at radius 2 is 1.96 bits per heavy atom. The Kier molecular flexibility index (Phi) is 4.81. The third-order valence-electron chi connectivity index (χ3n) is 3.53. The van der Waals surface area contributed by atoms with Crippen LogP contribution in [-0.4, -0.2) is 30.3 Å². The van der Waals surface area contributed by atoms with Gasteiger partial charge in [-0.2, -0.15) is 0 Å². The second-order valence-electron chi connectivity index (χ2n) is 5.23. The highest BCUT2D eigenvalue weighted by atomic mass is 35.5. The van der Waals surface area contributed by atoms with Gasteiger partial charge in [-0.25, -0.2) is 4.79 Å². The van der Waals surface area contributed by atoms with E-state index in [9.17, 15) is 9.90 Å². The van der Waals surface area contributed by atoms with Crippen LogP contribution in [0.15, 0.2) is 48.5 Å². The number of carboxylic acids is 1. The highest BCUT2D eigenvalue weighted by Gasteiger charge is 2.30. The van der Waals surface area contributed by atoms with Crippen molar-refractivity contribution >= 4 is 17.6 Å². The van der Waals surface area contributed by atoms with Crippen molar-refractivity contribution in [1.29, 1.82) is 0 Å². The third-order valence-corrected chi connectivity index (χ3v) is 3.76.